The molecule has 0 aromatic rings. The standard InChI is InChI=1S/C6H13NO5.ClH/c7-1-2(8)4(10)6(12)5(11)3(1)9;/h1-6,8-12H,7H2;1H/t1?,2-,3-,4-,5+,6?;/m0./s1. The first-order valence-electron chi connectivity index (χ1n) is 3.62. The molecular weight excluding hydrogens is 202 g/mol. The Balaban J connectivity index is 0.00000144. The van der Waals surface area contributed by atoms with Crippen LogP contribution in [0, 0.1) is 0 Å². The van der Waals surface area contributed by atoms with E-state index < -0.39 is 36.6 Å². The van der Waals surface area contributed by atoms with Gasteiger partial charge < -0.3 is 31.3 Å². The van der Waals surface area contributed by atoms with Crippen LogP contribution in [0.25, 0.3) is 0 Å². The highest BCUT2D eigenvalue weighted by Crippen LogP contribution is 2.19. The summed E-state index contributed by atoms with van der Waals surface area (Å²) in [4.78, 5) is 0. The van der Waals surface area contributed by atoms with Crippen LogP contribution in [0.4, 0.5) is 0 Å². The monoisotopic (exact) mass is 215 g/mol. The molecule has 0 bridgehead atoms. The lowest BCUT2D eigenvalue weighted by Crippen LogP contribution is -2.66. The van der Waals surface area contributed by atoms with Gasteiger partial charge >= 0.3 is 0 Å². The first-order valence-corrected chi connectivity index (χ1v) is 3.62. The highest BCUT2D eigenvalue weighted by atomic mass is 35.5. The van der Waals surface area contributed by atoms with E-state index in [9.17, 15) is 0 Å². The topological polar surface area (TPSA) is 127 Å². The van der Waals surface area contributed by atoms with E-state index in [2.05, 4.69) is 0 Å². The Morgan fingerprint density at radius 3 is 1.15 bits per heavy atom. The zero-order valence-electron chi connectivity index (χ0n) is 6.69. The van der Waals surface area contributed by atoms with Crippen molar-refractivity contribution in [3.05, 3.63) is 0 Å². The molecule has 0 heterocycles. The number of aliphatic hydroxyl groups is 5. The molecule has 1 aliphatic carbocycles. The summed E-state index contributed by atoms with van der Waals surface area (Å²) >= 11 is 0. The second-order valence-electron chi connectivity index (χ2n) is 3.03. The summed E-state index contributed by atoms with van der Waals surface area (Å²) in [6, 6.07) is -1.14. The summed E-state index contributed by atoms with van der Waals surface area (Å²) in [7, 11) is 0. The quantitative estimate of drug-likeness (QED) is 0.250. The maximum Gasteiger partial charge on any atom is 0.111 e. The lowest BCUT2D eigenvalue weighted by atomic mass is 9.84. The molecule has 0 radical (unpaired) electrons. The van der Waals surface area contributed by atoms with Crippen molar-refractivity contribution in [1.82, 2.24) is 0 Å². The molecule has 6 atom stereocenters. The summed E-state index contributed by atoms with van der Waals surface area (Å²) in [6.45, 7) is 0. The highest BCUT2D eigenvalue weighted by molar-refractivity contribution is 5.85. The molecule has 0 aromatic carbocycles. The second kappa shape index (κ2) is 4.52. The van der Waals surface area contributed by atoms with Crippen molar-refractivity contribution in [2.24, 2.45) is 5.73 Å². The average molecular weight is 216 g/mol. The van der Waals surface area contributed by atoms with Crippen molar-refractivity contribution < 1.29 is 25.5 Å². The number of aliphatic hydroxyl groups excluding tert-OH is 5. The fourth-order valence-electron chi connectivity index (χ4n) is 1.26. The number of rotatable bonds is 0. The number of nitrogens with two attached hydrogens (primary N) is 1. The van der Waals surface area contributed by atoms with Gasteiger partial charge in [-0.15, -0.1) is 12.4 Å². The molecule has 6 nitrogen and oxygen atoms in total. The Hall–Kier alpha value is 0.0500. The molecule has 1 rings (SSSR count). The lowest BCUT2D eigenvalue weighted by Gasteiger charge is -2.40. The maximum absolute atomic E-state index is 9.10. The molecule has 1 fully saturated rings. The van der Waals surface area contributed by atoms with E-state index in [-0.39, 0.29) is 12.4 Å². The van der Waals surface area contributed by atoms with Gasteiger partial charge in [-0.2, -0.15) is 0 Å². The van der Waals surface area contributed by atoms with Crippen LogP contribution in [0.3, 0.4) is 0 Å². The molecule has 7 N–H and O–H groups in total. The van der Waals surface area contributed by atoms with Gasteiger partial charge in [-0.1, -0.05) is 0 Å². The molecular formula is C6H14ClNO5. The van der Waals surface area contributed by atoms with Gasteiger partial charge in [0.25, 0.3) is 0 Å². The first-order chi connectivity index (χ1) is 5.46. The van der Waals surface area contributed by atoms with E-state index in [1.807, 2.05) is 0 Å². The Labute approximate surface area is 81.0 Å². The van der Waals surface area contributed by atoms with Gasteiger partial charge in [-0.3, -0.25) is 0 Å². The van der Waals surface area contributed by atoms with E-state index >= 15 is 0 Å². The van der Waals surface area contributed by atoms with Crippen LogP contribution in [-0.4, -0.2) is 62.1 Å². The van der Waals surface area contributed by atoms with Gasteiger partial charge in [0.05, 0.1) is 6.04 Å². The third-order valence-electron chi connectivity index (χ3n) is 2.19. The average Bonchev–Trinajstić information content (AvgIpc) is 2.08. The van der Waals surface area contributed by atoms with Crippen molar-refractivity contribution in [1.29, 1.82) is 0 Å². The number of hydrogen-bond donors (Lipinski definition) is 6. The zero-order chi connectivity index (χ0) is 9.46. The smallest absolute Gasteiger partial charge is 0.111 e. The zero-order valence-corrected chi connectivity index (χ0v) is 7.50. The molecule has 13 heavy (non-hydrogen) atoms. The van der Waals surface area contributed by atoms with Gasteiger partial charge in [-0.25, -0.2) is 0 Å². The molecule has 0 aliphatic heterocycles. The van der Waals surface area contributed by atoms with Gasteiger partial charge in [0.2, 0.25) is 0 Å². The van der Waals surface area contributed by atoms with Crippen LogP contribution in [0.2, 0.25) is 0 Å². The fraction of sp³-hybridized carbons (Fsp3) is 1.00. The minimum absolute atomic E-state index is 0. The van der Waals surface area contributed by atoms with Crippen molar-refractivity contribution in [3.8, 4) is 0 Å². The molecule has 7 heteroatoms. The molecule has 2 unspecified atom stereocenters. The molecule has 1 saturated carbocycles. The van der Waals surface area contributed by atoms with Gasteiger partial charge in [0.15, 0.2) is 0 Å². The Kier molecular flexibility index (Phi) is 4.53. The van der Waals surface area contributed by atoms with Crippen molar-refractivity contribution in [2.75, 3.05) is 0 Å². The Morgan fingerprint density at radius 1 is 0.615 bits per heavy atom. The van der Waals surface area contributed by atoms with Crippen LogP contribution in [0.1, 0.15) is 0 Å². The van der Waals surface area contributed by atoms with Crippen LogP contribution in [-0.2, 0) is 0 Å². The molecule has 0 saturated heterocycles. The second-order valence-corrected chi connectivity index (χ2v) is 3.03. The minimum Gasteiger partial charge on any atom is -0.389 e. The lowest BCUT2D eigenvalue weighted by molar-refractivity contribution is -0.184. The first kappa shape index (κ1) is 13.1. The SMILES string of the molecule is Cl.NC1[C@H](O)[C@H](O)C(O)[C@H](O)[C@H]1O. The van der Waals surface area contributed by atoms with Crippen LogP contribution in [0.5, 0.6) is 0 Å². The summed E-state index contributed by atoms with van der Waals surface area (Å²) in [5.74, 6) is 0. The Bertz CT molecular complexity index is 113. The predicted molar refractivity (Wildman–Crippen MR) is 45.3 cm³/mol. The molecule has 1 aliphatic rings. The minimum atomic E-state index is -1.56. The summed E-state index contributed by atoms with van der Waals surface area (Å²) < 4.78 is 0. The number of halogens is 1. The van der Waals surface area contributed by atoms with Crippen LogP contribution < -0.4 is 5.73 Å². The van der Waals surface area contributed by atoms with E-state index in [0.717, 1.165) is 0 Å². The van der Waals surface area contributed by atoms with Crippen molar-refractivity contribution in [2.45, 2.75) is 36.6 Å². The molecule has 0 spiro atoms. The van der Waals surface area contributed by atoms with Crippen LogP contribution >= 0.6 is 12.4 Å². The van der Waals surface area contributed by atoms with Gasteiger partial charge in [0, 0.05) is 0 Å². The normalized spacial score (nSPS) is 51.2. The molecule has 0 amide bonds. The summed E-state index contributed by atoms with van der Waals surface area (Å²) in [5.41, 5.74) is 5.23. The molecule has 0 aromatic heterocycles. The van der Waals surface area contributed by atoms with Gasteiger partial charge in [-0.05, 0) is 0 Å². The summed E-state index contributed by atoms with van der Waals surface area (Å²) in [6.07, 6.45) is -7.43. The van der Waals surface area contributed by atoms with E-state index in [1.165, 1.54) is 0 Å². The van der Waals surface area contributed by atoms with Crippen LogP contribution in [0.15, 0.2) is 0 Å². The van der Waals surface area contributed by atoms with Crippen molar-refractivity contribution >= 4 is 12.4 Å². The van der Waals surface area contributed by atoms with Gasteiger partial charge in [0.1, 0.15) is 30.5 Å². The Morgan fingerprint density at radius 2 is 0.846 bits per heavy atom. The fourth-order valence-corrected chi connectivity index (χ4v) is 1.26. The van der Waals surface area contributed by atoms with E-state index in [4.69, 9.17) is 31.3 Å². The van der Waals surface area contributed by atoms with E-state index in [1.54, 1.807) is 0 Å². The summed E-state index contributed by atoms with van der Waals surface area (Å²) in [5, 5.41) is 45.3. The molecule has 80 valence electrons. The third-order valence-corrected chi connectivity index (χ3v) is 2.19. The largest absolute Gasteiger partial charge is 0.389 e. The number of hydrogen-bond acceptors (Lipinski definition) is 6. The third kappa shape index (κ3) is 2.10. The maximum atomic E-state index is 9.10. The van der Waals surface area contributed by atoms with E-state index in [0.29, 0.717) is 0 Å². The highest BCUT2D eigenvalue weighted by Gasteiger charge is 2.46. The van der Waals surface area contributed by atoms with Crippen molar-refractivity contribution in [3.63, 3.8) is 0 Å². The predicted octanol–water partition coefficient (Wildman–Crippen LogP) is -3.45.